The number of para-hydroxylation sites is 2. The molecular weight excluding hydrogens is 552 g/mol. The molecule has 2 heterocycles. The van der Waals surface area contributed by atoms with Crippen LogP contribution in [0.2, 0.25) is 0 Å². The van der Waals surface area contributed by atoms with E-state index in [1.54, 1.807) is 6.21 Å². The summed E-state index contributed by atoms with van der Waals surface area (Å²) in [6.45, 7) is 9.64. The largest absolute Gasteiger partial charge is 0.341 e. The third kappa shape index (κ3) is 5.83. The van der Waals surface area contributed by atoms with E-state index < -0.39 is 0 Å². The number of hydrazone groups is 1. The van der Waals surface area contributed by atoms with Crippen molar-refractivity contribution < 1.29 is 4.79 Å². The smallest absolute Gasteiger partial charge is 0.250 e. The van der Waals surface area contributed by atoms with Gasteiger partial charge in [0.15, 0.2) is 11.0 Å². The lowest BCUT2D eigenvalue weighted by Gasteiger charge is -2.19. The van der Waals surface area contributed by atoms with E-state index in [0.29, 0.717) is 5.16 Å². The number of rotatable bonds is 8. The second kappa shape index (κ2) is 11.9. The summed E-state index contributed by atoms with van der Waals surface area (Å²) in [6.07, 6.45) is 1.69. The molecule has 0 fully saturated rings. The molecule has 2 aromatic heterocycles. The van der Waals surface area contributed by atoms with Crippen molar-refractivity contribution in [2.45, 2.75) is 44.8 Å². The van der Waals surface area contributed by atoms with Crippen LogP contribution in [0.3, 0.4) is 0 Å². The monoisotopic (exact) mass is 586 g/mol. The molecule has 1 amide bonds. The third-order valence-corrected chi connectivity index (χ3v) is 8.43. The fraction of sp³-hybridized carbons (Fsp3) is 0.200. The van der Waals surface area contributed by atoms with Crippen LogP contribution < -0.4 is 5.43 Å². The number of aromatic nitrogens is 4. The Labute approximate surface area is 255 Å². The van der Waals surface area contributed by atoms with Gasteiger partial charge >= 0.3 is 0 Å². The Kier molecular flexibility index (Phi) is 7.86. The molecule has 7 nitrogen and oxygen atoms in total. The minimum absolute atomic E-state index is 0.0602. The first kappa shape index (κ1) is 28.4. The Morgan fingerprint density at radius 2 is 1.60 bits per heavy atom. The van der Waals surface area contributed by atoms with Crippen LogP contribution in [0.25, 0.3) is 38.9 Å². The molecule has 0 aliphatic carbocycles. The van der Waals surface area contributed by atoms with Gasteiger partial charge in [0.05, 0.1) is 12.0 Å². The van der Waals surface area contributed by atoms with E-state index in [1.807, 2.05) is 41.0 Å². The van der Waals surface area contributed by atoms with Crippen LogP contribution in [0, 0.1) is 0 Å². The topological polar surface area (TPSA) is 77.1 Å². The van der Waals surface area contributed by atoms with Crippen molar-refractivity contribution in [1.82, 2.24) is 24.8 Å². The van der Waals surface area contributed by atoms with Crippen molar-refractivity contribution >= 4 is 45.7 Å². The van der Waals surface area contributed by atoms with Gasteiger partial charge in [-0.3, -0.25) is 9.36 Å². The summed E-state index contributed by atoms with van der Waals surface area (Å²) in [7, 11) is 0. The maximum atomic E-state index is 12.8. The highest BCUT2D eigenvalue weighted by atomic mass is 32.2. The molecule has 0 atom stereocenters. The minimum atomic E-state index is -0.219. The van der Waals surface area contributed by atoms with Gasteiger partial charge < -0.3 is 4.57 Å². The highest BCUT2D eigenvalue weighted by molar-refractivity contribution is 7.99. The van der Waals surface area contributed by atoms with Crippen LogP contribution in [0.4, 0.5) is 0 Å². The van der Waals surface area contributed by atoms with Gasteiger partial charge in [-0.25, -0.2) is 5.43 Å². The number of nitrogens with one attached hydrogen (secondary N) is 1. The molecule has 0 unspecified atom stereocenters. The van der Waals surface area contributed by atoms with Crippen LogP contribution in [0.5, 0.6) is 0 Å². The van der Waals surface area contributed by atoms with E-state index in [9.17, 15) is 4.79 Å². The van der Waals surface area contributed by atoms with E-state index in [1.165, 1.54) is 39.1 Å². The summed E-state index contributed by atoms with van der Waals surface area (Å²) in [6, 6.07) is 33.1. The predicted octanol–water partition coefficient (Wildman–Crippen LogP) is 7.60. The van der Waals surface area contributed by atoms with Gasteiger partial charge in [-0.05, 0) is 53.8 Å². The number of benzene rings is 4. The van der Waals surface area contributed by atoms with Gasteiger partial charge in [0.1, 0.15) is 0 Å². The average molecular weight is 587 g/mol. The highest BCUT2D eigenvalue weighted by Crippen LogP contribution is 2.31. The molecule has 6 aromatic rings. The number of hydrogen-bond acceptors (Lipinski definition) is 5. The number of fused-ring (bicyclic) bond motifs is 3. The van der Waals surface area contributed by atoms with Crippen molar-refractivity contribution in [2.24, 2.45) is 5.10 Å². The average Bonchev–Trinajstić information content (AvgIpc) is 3.59. The molecule has 0 bridgehead atoms. The second-order valence-electron chi connectivity index (χ2n) is 11.4. The maximum Gasteiger partial charge on any atom is 0.250 e. The summed E-state index contributed by atoms with van der Waals surface area (Å²) < 4.78 is 4.31. The number of aryl methyl sites for hydroxylation is 1. The summed E-state index contributed by atoms with van der Waals surface area (Å²) in [4.78, 5) is 12.8. The molecule has 4 aromatic carbocycles. The molecule has 0 aliphatic heterocycles. The lowest BCUT2D eigenvalue weighted by molar-refractivity contribution is -0.118. The summed E-state index contributed by atoms with van der Waals surface area (Å²) >= 11 is 1.33. The van der Waals surface area contributed by atoms with Crippen molar-refractivity contribution in [2.75, 3.05) is 5.75 Å². The number of nitrogens with zero attached hydrogens (tertiary/aromatic N) is 5. The van der Waals surface area contributed by atoms with Crippen molar-refractivity contribution in [1.29, 1.82) is 0 Å². The number of carbonyl (C=O) groups is 1. The van der Waals surface area contributed by atoms with Crippen LogP contribution >= 0.6 is 11.8 Å². The van der Waals surface area contributed by atoms with E-state index in [0.717, 1.165) is 29.2 Å². The van der Waals surface area contributed by atoms with Crippen molar-refractivity contribution in [3.05, 3.63) is 108 Å². The maximum absolute atomic E-state index is 12.8. The van der Waals surface area contributed by atoms with E-state index in [2.05, 4.69) is 114 Å². The number of thioether (sulfide) groups is 1. The van der Waals surface area contributed by atoms with Gasteiger partial charge in [0, 0.05) is 39.6 Å². The fourth-order valence-electron chi connectivity index (χ4n) is 5.31. The van der Waals surface area contributed by atoms with Crippen molar-refractivity contribution in [3.8, 4) is 17.1 Å². The molecule has 1 N–H and O–H groups in total. The Bertz CT molecular complexity index is 1930. The zero-order valence-corrected chi connectivity index (χ0v) is 25.6. The lowest BCUT2D eigenvalue weighted by Crippen LogP contribution is -2.20. The lowest BCUT2D eigenvalue weighted by atomic mass is 9.87. The molecule has 6 rings (SSSR count). The van der Waals surface area contributed by atoms with Gasteiger partial charge in [0.2, 0.25) is 0 Å². The van der Waals surface area contributed by atoms with E-state index in [-0.39, 0.29) is 17.1 Å². The molecule has 0 spiro atoms. The van der Waals surface area contributed by atoms with Gasteiger partial charge in [-0.2, -0.15) is 5.10 Å². The molecule has 8 heteroatoms. The molecule has 0 radical (unpaired) electrons. The van der Waals surface area contributed by atoms with Gasteiger partial charge in [-0.15, -0.1) is 10.2 Å². The molecule has 0 aliphatic rings. The van der Waals surface area contributed by atoms with E-state index >= 15 is 0 Å². The molecule has 216 valence electrons. The fourth-order valence-corrected chi connectivity index (χ4v) is 6.06. The van der Waals surface area contributed by atoms with Crippen molar-refractivity contribution in [3.63, 3.8) is 0 Å². The Hall–Kier alpha value is -4.69. The van der Waals surface area contributed by atoms with E-state index in [4.69, 9.17) is 0 Å². The van der Waals surface area contributed by atoms with Gasteiger partial charge in [0.25, 0.3) is 5.91 Å². The standard InChI is InChI=1S/C35H34N6OS/c1-5-40-30-14-10-9-13-28(30)29-21-24(15-20-31(29)40)22-36-37-32(42)23-43-34-39-38-33(41(34)27-11-7-6-8-12-27)25-16-18-26(19-17-25)35(2,3)4/h6-22H,5,23H2,1-4H3,(H,37,42)/b36-22-. The molecule has 0 saturated heterocycles. The molecular formula is C35H34N6OS. The van der Waals surface area contributed by atoms with Crippen LogP contribution in [-0.4, -0.2) is 37.2 Å². The number of hydrogen-bond donors (Lipinski definition) is 1. The molecule has 0 saturated carbocycles. The SMILES string of the molecule is CCn1c2ccccc2c2cc(/C=N\NC(=O)CSc3nnc(-c4ccc(C(C)(C)C)cc4)n3-c3ccccc3)ccc21. The number of carbonyl (C=O) groups excluding carboxylic acids is 1. The second-order valence-corrected chi connectivity index (χ2v) is 12.4. The van der Waals surface area contributed by atoms with Crippen LogP contribution in [0.1, 0.15) is 38.8 Å². The predicted molar refractivity (Wildman–Crippen MR) is 177 cm³/mol. The first-order valence-electron chi connectivity index (χ1n) is 14.4. The summed E-state index contributed by atoms with van der Waals surface area (Å²) in [5.74, 6) is 0.657. The Morgan fingerprint density at radius 1 is 0.884 bits per heavy atom. The highest BCUT2D eigenvalue weighted by Gasteiger charge is 2.19. The third-order valence-electron chi connectivity index (χ3n) is 7.50. The quantitative estimate of drug-likeness (QED) is 0.113. The summed E-state index contributed by atoms with van der Waals surface area (Å²) in [5, 5.41) is 16.2. The zero-order valence-electron chi connectivity index (χ0n) is 24.8. The zero-order chi connectivity index (χ0) is 30.0. The first-order chi connectivity index (χ1) is 20.8. The summed E-state index contributed by atoms with van der Waals surface area (Å²) in [5.41, 5.74) is 9.20. The normalized spacial score (nSPS) is 12.0. The molecule has 43 heavy (non-hydrogen) atoms. The first-order valence-corrected chi connectivity index (χ1v) is 15.4. The van der Waals surface area contributed by atoms with Crippen LogP contribution in [-0.2, 0) is 16.8 Å². The van der Waals surface area contributed by atoms with Gasteiger partial charge in [-0.1, -0.05) is 99.3 Å². The Balaban J connectivity index is 1.18. The number of amides is 1. The van der Waals surface area contributed by atoms with Crippen LogP contribution in [0.15, 0.2) is 107 Å². The minimum Gasteiger partial charge on any atom is -0.341 e. The Morgan fingerprint density at radius 3 is 2.35 bits per heavy atom.